The first-order valence-electron chi connectivity index (χ1n) is 37.2. The zero-order chi connectivity index (χ0) is 72.6. The number of benzene rings is 18. The van der Waals surface area contributed by atoms with Crippen LogP contribution in [0.5, 0.6) is 0 Å². The largest absolute Gasteiger partial charge is 0.309 e. The molecule has 0 saturated carbocycles. The number of fused-ring (bicyclic) bond motifs is 16. The zero-order valence-corrected chi connectivity index (χ0v) is 59.5. The third-order valence-corrected chi connectivity index (χ3v) is 21.6. The highest BCUT2D eigenvalue weighted by Gasteiger charge is 2.22. The molecule has 18 aromatic carbocycles. The Labute approximate surface area is 633 Å². The molecule has 0 spiro atoms. The molecular formula is C102H64N8. The molecule has 0 aliphatic carbocycles. The van der Waals surface area contributed by atoms with Gasteiger partial charge in [0.05, 0.1) is 22.1 Å². The standard InChI is InChI=1S/2C51H32N4/c1-3-14-34(15-4-1)49-52-50(35-16-5-2-6-17-35)54-51(53-49)38-19-13-20-39(30-38)55-46-25-12-11-24-43(46)48-45-32-37(27-26-33(45)28-29-47(48)55)44-31-36-18-7-8-21-40(36)41-22-9-10-23-42(41)44;1-3-13-35(14-4-1)49-52-50(36-15-5-2-6-16-36)54-51(53-49)40-17-11-18-41(31-40)55-46-21-10-9-20-44(46)48-45-32-38(24-22-34(45)27-29-47(48)55)37-26-28-43-39(30-37)25-23-33-12-7-8-19-42(33)43/h2*1-32H. The Hall–Kier alpha value is -14.9. The third-order valence-electron chi connectivity index (χ3n) is 21.6. The minimum absolute atomic E-state index is 0.632. The molecule has 512 valence electrons. The van der Waals surface area contributed by atoms with Gasteiger partial charge >= 0.3 is 0 Å². The van der Waals surface area contributed by atoms with E-state index < -0.39 is 0 Å². The molecule has 0 aliphatic rings. The van der Waals surface area contributed by atoms with Gasteiger partial charge in [0.2, 0.25) is 0 Å². The lowest BCUT2D eigenvalue weighted by Gasteiger charge is -2.13. The van der Waals surface area contributed by atoms with Crippen molar-refractivity contribution in [2.24, 2.45) is 0 Å². The molecule has 0 saturated heterocycles. The summed E-state index contributed by atoms with van der Waals surface area (Å²) in [5.41, 5.74) is 17.2. The van der Waals surface area contributed by atoms with Gasteiger partial charge in [-0.2, -0.15) is 0 Å². The summed E-state index contributed by atoms with van der Waals surface area (Å²) in [6.45, 7) is 0. The van der Waals surface area contributed by atoms with Gasteiger partial charge in [0.25, 0.3) is 0 Å². The van der Waals surface area contributed by atoms with Crippen molar-refractivity contribution < 1.29 is 0 Å². The van der Waals surface area contributed by atoms with E-state index in [0.717, 1.165) is 66.8 Å². The molecule has 0 bridgehead atoms. The van der Waals surface area contributed by atoms with Gasteiger partial charge in [0.1, 0.15) is 0 Å². The van der Waals surface area contributed by atoms with Gasteiger partial charge < -0.3 is 9.13 Å². The number of hydrogen-bond donors (Lipinski definition) is 0. The van der Waals surface area contributed by atoms with Crippen LogP contribution in [-0.4, -0.2) is 39.0 Å². The lowest BCUT2D eigenvalue weighted by atomic mass is 9.91. The maximum absolute atomic E-state index is 5.03. The van der Waals surface area contributed by atoms with Crippen molar-refractivity contribution in [3.05, 3.63) is 388 Å². The summed E-state index contributed by atoms with van der Waals surface area (Å²) in [7, 11) is 0. The van der Waals surface area contributed by atoms with Crippen molar-refractivity contribution in [1.82, 2.24) is 39.0 Å². The SMILES string of the molecule is c1ccc(-c2nc(-c3ccccc3)nc(-c3cccc(-n4c5ccccc5c5c6cc(-c7cc8ccccc8c8ccccc78)ccc6ccc54)c3)n2)cc1.c1ccc(-c2nc(-c3ccccc3)nc(-c3cccc(-n4c5ccccc5c5c6cc(-c7ccc8c(ccc9ccccc98)c7)ccc6ccc54)c3)n2)cc1. The Bertz CT molecular complexity index is 7280. The number of rotatable bonds is 10. The first kappa shape index (κ1) is 63.6. The fourth-order valence-electron chi connectivity index (χ4n) is 16.4. The second-order valence-corrected chi connectivity index (χ2v) is 28.1. The summed E-state index contributed by atoms with van der Waals surface area (Å²) >= 11 is 0. The first-order valence-corrected chi connectivity index (χ1v) is 37.2. The van der Waals surface area contributed by atoms with Crippen LogP contribution in [0.4, 0.5) is 0 Å². The number of para-hydroxylation sites is 2. The fourth-order valence-corrected chi connectivity index (χ4v) is 16.4. The first-order chi connectivity index (χ1) is 54.5. The van der Waals surface area contributed by atoms with Crippen LogP contribution in [0.15, 0.2) is 388 Å². The topological polar surface area (TPSA) is 87.2 Å². The average molecular weight is 1400 g/mol. The summed E-state index contributed by atoms with van der Waals surface area (Å²) in [6, 6.07) is 138. The molecule has 0 aliphatic heterocycles. The highest BCUT2D eigenvalue weighted by Crippen LogP contribution is 2.44. The van der Waals surface area contributed by atoms with Crippen LogP contribution in [0.2, 0.25) is 0 Å². The molecule has 8 heteroatoms. The van der Waals surface area contributed by atoms with E-state index >= 15 is 0 Å². The van der Waals surface area contributed by atoms with E-state index in [4.69, 9.17) is 29.9 Å². The van der Waals surface area contributed by atoms with Gasteiger partial charge in [0, 0.05) is 66.3 Å². The van der Waals surface area contributed by atoms with Crippen LogP contribution in [0.25, 0.3) is 210 Å². The molecule has 0 atom stereocenters. The summed E-state index contributed by atoms with van der Waals surface area (Å²) in [4.78, 5) is 30.0. The van der Waals surface area contributed by atoms with E-state index in [1.165, 1.54) is 108 Å². The van der Waals surface area contributed by atoms with Gasteiger partial charge in [-0.25, -0.2) is 29.9 Å². The molecule has 22 rings (SSSR count). The van der Waals surface area contributed by atoms with E-state index in [0.29, 0.717) is 34.9 Å². The third kappa shape index (κ3) is 11.2. The van der Waals surface area contributed by atoms with E-state index in [9.17, 15) is 0 Å². The lowest BCUT2D eigenvalue weighted by molar-refractivity contribution is 1.07. The number of aromatic nitrogens is 8. The second kappa shape index (κ2) is 26.6. The second-order valence-electron chi connectivity index (χ2n) is 28.1. The summed E-state index contributed by atoms with van der Waals surface area (Å²) < 4.78 is 4.75. The molecule has 22 aromatic rings. The van der Waals surface area contributed by atoms with Crippen LogP contribution < -0.4 is 0 Å². The molecule has 4 aromatic heterocycles. The molecular weight excluding hydrogens is 1340 g/mol. The van der Waals surface area contributed by atoms with Gasteiger partial charge in [-0.05, 0) is 160 Å². The van der Waals surface area contributed by atoms with Gasteiger partial charge in [-0.3, -0.25) is 0 Å². The maximum Gasteiger partial charge on any atom is 0.164 e. The molecule has 0 N–H and O–H groups in total. The van der Waals surface area contributed by atoms with Crippen LogP contribution in [0, 0.1) is 0 Å². The lowest BCUT2D eigenvalue weighted by Crippen LogP contribution is -2.01. The van der Waals surface area contributed by atoms with Crippen molar-refractivity contribution in [3.8, 4) is 102 Å². The predicted molar refractivity (Wildman–Crippen MR) is 457 cm³/mol. The fraction of sp³-hybridized carbons (Fsp3) is 0. The monoisotopic (exact) mass is 1400 g/mol. The minimum atomic E-state index is 0.632. The highest BCUT2D eigenvalue weighted by atomic mass is 15.1. The van der Waals surface area contributed by atoms with Gasteiger partial charge in [-0.1, -0.05) is 315 Å². The normalized spacial score (nSPS) is 11.6. The van der Waals surface area contributed by atoms with Crippen molar-refractivity contribution in [3.63, 3.8) is 0 Å². The number of hydrogen-bond acceptors (Lipinski definition) is 6. The average Bonchev–Trinajstić information content (AvgIpc) is 1.57. The van der Waals surface area contributed by atoms with Gasteiger partial charge in [0.15, 0.2) is 34.9 Å². The summed E-state index contributed by atoms with van der Waals surface area (Å²) in [5, 5.41) is 19.9. The van der Waals surface area contributed by atoms with Crippen molar-refractivity contribution >= 4 is 108 Å². The van der Waals surface area contributed by atoms with Crippen LogP contribution >= 0.6 is 0 Å². The van der Waals surface area contributed by atoms with Crippen molar-refractivity contribution in [2.45, 2.75) is 0 Å². The Kier molecular flexibility index (Phi) is 15.4. The molecule has 4 heterocycles. The Morgan fingerprint density at radius 3 is 0.973 bits per heavy atom. The molecule has 0 fully saturated rings. The van der Waals surface area contributed by atoms with E-state index in [-0.39, 0.29) is 0 Å². The molecule has 0 amide bonds. The van der Waals surface area contributed by atoms with E-state index in [1.54, 1.807) is 0 Å². The number of nitrogens with zero attached hydrogens (tertiary/aromatic N) is 8. The summed E-state index contributed by atoms with van der Waals surface area (Å²) in [5.74, 6) is 3.85. The van der Waals surface area contributed by atoms with E-state index in [2.05, 4.69) is 276 Å². The van der Waals surface area contributed by atoms with Crippen LogP contribution in [0.1, 0.15) is 0 Å². The van der Waals surface area contributed by atoms with Gasteiger partial charge in [-0.15, -0.1) is 0 Å². The summed E-state index contributed by atoms with van der Waals surface area (Å²) in [6.07, 6.45) is 0. The Morgan fingerprint density at radius 1 is 0.155 bits per heavy atom. The smallest absolute Gasteiger partial charge is 0.164 e. The molecule has 0 unspecified atom stereocenters. The Balaban J connectivity index is 0.000000140. The zero-order valence-electron chi connectivity index (χ0n) is 59.5. The quantitative estimate of drug-likeness (QED) is 0.127. The minimum Gasteiger partial charge on any atom is -0.309 e. The molecule has 110 heavy (non-hydrogen) atoms. The van der Waals surface area contributed by atoms with E-state index in [1.807, 2.05) is 121 Å². The highest BCUT2D eigenvalue weighted by molar-refractivity contribution is 6.24. The van der Waals surface area contributed by atoms with Crippen LogP contribution in [-0.2, 0) is 0 Å². The molecule has 0 radical (unpaired) electrons. The van der Waals surface area contributed by atoms with Crippen molar-refractivity contribution in [1.29, 1.82) is 0 Å². The van der Waals surface area contributed by atoms with Crippen LogP contribution in [0.3, 0.4) is 0 Å². The predicted octanol–water partition coefficient (Wildman–Crippen LogP) is 26.2. The van der Waals surface area contributed by atoms with Crippen molar-refractivity contribution in [2.75, 3.05) is 0 Å². The molecule has 8 nitrogen and oxygen atoms in total. The Morgan fingerprint density at radius 2 is 0.473 bits per heavy atom. The maximum atomic E-state index is 5.03.